The molecule has 0 unspecified atom stereocenters. The first kappa shape index (κ1) is 18.5. The molecule has 0 aliphatic carbocycles. The molecule has 25 heavy (non-hydrogen) atoms. The Balaban J connectivity index is 1.44. The molecule has 4 nitrogen and oxygen atoms in total. The highest BCUT2D eigenvalue weighted by Crippen LogP contribution is 2.26. The summed E-state index contributed by atoms with van der Waals surface area (Å²) in [7, 11) is 0. The van der Waals surface area contributed by atoms with Crippen LogP contribution in [-0.2, 0) is 11.3 Å². The molecule has 0 aromatic heterocycles. The van der Waals surface area contributed by atoms with Crippen LogP contribution in [0.3, 0.4) is 0 Å². The van der Waals surface area contributed by atoms with Gasteiger partial charge in [0.15, 0.2) is 0 Å². The number of nitrogens with zero attached hydrogens (tertiary/aromatic N) is 2. The van der Waals surface area contributed by atoms with Crippen LogP contribution < -0.4 is 4.74 Å². The van der Waals surface area contributed by atoms with Crippen molar-refractivity contribution >= 4 is 0 Å². The summed E-state index contributed by atoms with van der Waals surface area (Å²) >= 11 is 0. The zero-order valence-electron chi connectivity index (χ0n) is 14.9. The van der Waals surface area contributed by atoms with Gasteiger partial charge in [-0.05, 0) is 56.5 Å². The van der Waals surface area contributed by atoms with Crippen molar-refractivity contribution in [3.8, 4) is 5.75 Å². The van der Waals surface area contributed by atoms with E-state index in [1.54, 1.807) is 12.1 Å². The molecule has 3 rings (SSSR count). The lowest BCUT2D eigenvalue weighted by Crippen LogP contribution is -2.48. The van der Waals surface area contributed by atoms with Crippen LogP contribution in [0.1, 0.15) is 25.3 Å². The highest BCUT2D eigenvalue weighted by Gasteiger charge is 2.28. The van der Waals surface area contributed by atoms with Crippen molar-refractivity contribution in [2.24, 2.45) is 5.92 Å². The van der Waals surface area contributed by atoms with Gasteiger partial charge in [-0.3, -0.25) is 9.80 Å². The third kappa shape index (κ3) is 5.36. The van der Waals surface area contributed by atoms with Crippen molar-refractivity contribution in [1.82, 2.24) is 9.80 Å². The predicted octanol–water partition coefficient (Wildman–Crippen LogP) is 3.22. The first-order valence-corrected chi connectivity index (χ1v) is 9.20. The summed E-state index contributed by atoms with van der Waals surface area (Å²) < 4.78 is 34.2. The van der Waals surface area contributed by atoms with E-state index < -0.39 is 6.61 Å². The largest absolute Gasteiger partial charge is 0.435 e. The van der Waals surface area contributed by atoms with Crippen molar-refractivity contribution in [2.45, 2.75) is 39.0 Å². The molecule has 1 atom stereocenters. The van der Waals surface area contributed by atoms with E-state index in [1.807, 2.05) is 12.1 Å². The van der Waals surface area contributed by atoms with Crippen LogP contribution >= 0.6 is 0 Å². The monoisotopic (exact) mass is 354 g/mol. The topological polar surface area (TPSA) is 24.9 Å². The van der Waals surface area contributed by atoms with E-state index in [4.69, 9.17) is 4.74 Å². The number of halogens is 2. The molecule has 0 amide bonds. The zero-order valence-corrected chi connectivity index (χ0v) is 14.9. The Morgan fingerprint density at radius 3 is 2.32 bits per heavy atom. The highest BCUT2D eigenvalue weighted by atomic mass is 19.3. The van der Waals surface area contributed by atoms with E-state index in [9.17, 15) is 8.78 Å². The molecule has 2 aliphatic heterocycles. The zero-order chi connectivity index (χ0) is 17.6. The molecule has 2 fully saturated rings. The summed E-state index contributed by atoms with van der Waals surface area (Å²) in [5.74, 6) is 0.966. The van der Waals surface area contributed by atoms with Gasteiger partial charge in [0.1, 0.15) is 5.75 Å². The summed E-state index contributed by atoms with van der Waals surface area (Å²) in [6.45, 7) is 6.45. The smallest absolute Gasteiger partial charge is 0.387 e. The fourth-order valence-electron chi connectivity index (χ4n) is 3.91. The first-order chi connectivity index (χ1) is 12.1. The number of benzene rings is 1. The molecule has 0 N–H and O–H groups in total. The van der Waals surface area contributed by atoms with Crippen LogP contribution in [0.5, 0.6) is 5.75 Å². The molecule has 0 radical (unpaired) electrons. The van der Waals surface area contributed by atoms with Gasteiger partial charge in [-0.2, -0.15) is 8.78 Å². The van der Waals surface area contributed by atoms with Crippen molar-refractivity contribution in [2.75, 3.05) is 39.4 Å². The van der Waals surface area contributed by atoms with Crippen LogP contribution in [0.4, 0.5) is 8.78 Å². The van der Waals surface area contributed by atoms with E-state index in [-0.39, 0.29) is 5.75 Å². The maximum atomic E-state index is 12.2. The number of piperidine rings is 1. The van der Waals surface area contributed by atoms with Crippen molar-refractivity contribution in [3.05, 3.63) is 29.8 Å². The minimum atomic E-state index is -2.77. The van der Waals surface area contributed by atoms with Crippen molar-refractivity contribution < 1.29 is 18.3 Å². The molecule has 2 heterocycles. The molecule has 2 saturated heterocycles. The second-order valence-electron chi connectivity index (χ2n) is 7.02. The lowest BCUT2D eigenvalue weighted by molar-refractivity contribution is -0.0498. The van der Waals surface area contributed by atoms with Crippen LogP contribution in [-0.4, -0.2) is 61.8 Å². The minimum Gasteiger partial charge on any atom is -0.435 e. The Labute approximate surface area is 148 Å². The van der Waals surface area contributed by atoms with E-state index in [2.05, 4.69) is 21.5 Å². The lowest BCUT2D eigenvalue weighted by atomic mass is 9.89. The fraction of sp³-hybridized carbons (Fsp3) is 0.684. The summed E-state index contributed by atoms with van der Waals surface area (Å²) in [4.78, 5) is 5.01. The second kappa shape index (κ2) is 8.92. The Bertz CT molecular complexity index is 513. The van der Waals surface area contributed by atoms with Gasteiger partial charge in [0.2, 0.25) is 0 Å². The van der Waals surface area contributed by atoms with Crippen molar-refractivity contribution in [3.63, 3.8) is 0 Å². The first-order valence-electron chi connectivity index (χ1n) is 9.20. The highest BCUT2D eigenvalue weighted by molar-refractivity contribution is 5.27. The fourth-order valence-corrected chi connectivity index (χ4v) is 3.91. The third-order valence-corrected chi connectivity index (χ3v) is 5.49. The number of likely N-dealkylation sites (tertiary alicyclic amines) is 1. The summed E-state index contributed by atoms with van der Waals surface area (Å²) in [5.41, 5.74) is 1.14. The van der Waals surface area contributed by atoms with Gasteiger partial charge in [0.05, 0.1) is 13.2 Å². The molecule has 140 valence electrons. The van der Waals surface area contributed by atoms with Gasteiger partial charge in [-0.15, -0.1) is 0 Å². The quantitative estimate of drug-likeness (QED) is 0.783. The van der Waals surface area contributed by atoms with Crippen LogP contribution in [0, 0.1) is 5.92 Å². The lowest BCUT2D eigenvalue weighted by Gasteiger charge is -2.41. The maximum Gasteiger partial charge on any atom is 0.387 e. The molecule has 2 aliphatic rings. The molecule has 0 saturated carbocycles. The predicted molar refractivity (Wildman–Crippen MR) is 92.9 cm³/mol. The molecule has 6 heteroatoms. The number of hydrogen-bond donors (Lipinski definition) is 0. The molecular formula is C19H28F2N2O2. The summed E-state index contributed by atoms with van der Waals surface area (Å²) in [6.07, 6.45) is 2.43. The van der Waals surface area contributed by atoms with Gasteiger partial charge < -0.3 is 9.47 Å². The Kier molecular flexibility index (Phi) is 6.62. The number of rotatable bonds is 6. The summed E-state index contributed by atoms with van der Waals surface area (Å²) in [6, 6.07) is 7.61. The van der Waals surface area contributed by atoms with Gasteiger partial charge >= 0.3 is 6.61 Å². The van der Waals surface area contributed by atoms with E-state index in [0.29, 0.717) is 6.04 Å². The average molecular weight is 354 g/mol. The number of hydrogen-bond acceptors (Lipinski definition) is 4. The molecule has 0 spiro atoms. The van der Waals surface area contributed by atoms with E-state index in [0.717, 1.165) is 57.4 Å². The van der Waals surface area contributed by atoms with Crippen LogP contribution in [0.25, 0.3) is 0 Å². The minimum absolute atomic E-state index is 0.219. The number of alkyl halides is 2. The SMILES string of the molecule is C[C@@H](C1CCN(Cc2ccc(OC(F)F)cc2)CC1)N1CCOCC1. The Morgan fingerprint density at radius 1 is 1.08 bits per heavy atom. The normalized spacial score (nSPS) is 22.2. The van der Waals surface area contributed by atoms with Crippen LogP contribution in [0.2, 0.25) is 0 Å². The molecule has 1 aromatic rings. The van der Waals surface area contributed by atoms with Crippen LogP contribution in [0.15, 0.2) is 24.3 Å². The Morgan fingerprint density at radius 2 is 1.72 bits per heavy atom. The van der Waals surface area contributed by atoms with E-state index >= 15 is 0 Å². The van der Waals surface area contributed by atoms with Crippen molar-refractivity contribution in [1.29, 1.82) is 0 Å². The molecule has 1 aromatic carbocycles. The summed E-state index contributed by atoms with van der Waals surface area (Å²) in [5, 5.41) is 0. The van der Waals surface area contributed by atoms with Gasteiger partial charge in [-0.25, -0.2) is 0 Å². The maximum absolute atomic E-state index is 12.2. The van der Waals surface area contributed by atoms with Gasteiger partial charge in [0.25, 0.3) is 0 Å². The number of morpholine rings is 1. The van der Waals surface area contributed by atoms with Gasteiger partial charge in [-0.1, -0.05) is 12.1 Å². The van der Waals surface area contributed by atoms with E-state index in [1.165, 1.54) is 12.8 Å². The number of ether oxygens (including phenoxy) is 2. The standard InChI is InChI=1S/C19H28F2N2O2/c1-15(23-10-12-24-13-11-23)17-6-8-22(9-7-17)14-16-2-4-18(5-3-16)25-19(20)21/h2-5,15,17,19H,6-14H2,1H3/t15-/m0/s1. The Hall–Kier alpha value is -1.24. The van der Waals surface area contributed by atoms with Gasteiger partial charge in [0, 0.05) is 25.7 Å². The second-order valence-corrected chi connectivity index (χ2v) is 7.02. The third-order valence-electron chi connectivity index (χ3n) is 5.49. The molecular weight excluding hydrogens is 326 g/mol. The molecule has 0 bridgehead atoms. The average Bonchev–Trinajstić information content (AvgIpc) is 2.64.